The van der Waals surface area contributed by atoms with Crippen molar-refractivity contribution in [2.45, 2.75) is 13.8 Å². The van der Waals surface area contributed by atoms with Gasteiger partial charge in [-0.3, -0.25) is 5.41 Å². The second-order valence-electron chi connectivity index (χ2n) is 4.51. The summed E-state index contributed by atoms with van der Waals surface area (Å²) in [5, 5.41) is 15.6. The van der Waals surface area contributed by atoms with E-state index in [1.807, 2.05) is 44.2 Å². The van der Waals surface area contributed by atoms with Crippen LogP contribution in [0.25, 0.3) is 0 Å². The molecule has 0 fully saturated rings. The molecule has 0 aliphatic heterocycles. The number of nitrogen functional groups attached to an aromatic ring is 1. The summed E-state index contributed by atoms with van der Waals surface area (Å²) in [5.41, 5.74) is 7.60. The zero-order valence-electron chi connectivity index (χ0n) is 12.1. The minimum Gasteiger partial charge on any atom is -0.490 e. The lowest BCUT2D eigenvalue weighted by molar-refractivity contribution is 0.210. The van der Waals surface area contributed by atoms with Gasteiger partial charge in [0.05, 0.1) is 11.3 Å². The molecule has 0 bridgehead atoms. The number of nitrogens with zero attached hydrogens (tertiary/aromatic N) is 2. The minimum atomic E-state index is -0.0792. The van der Waals surface area contributed by atoms with Gasteiger partial charge in [-0.15, -0.1) is 5.10 Å². The summed E-state index contributed by atoms with van der Waals surface area (Å²) in [6, 6.07) is 9.47. The maximum atomic E-state index is 7.63. The van der Waals surface area contributed by atoms with Crippen LogP contribution in [0, 0.1) is 19.3 Å². The molecule has 0 aliphatic rings. The van der Waals surface area contributed by atoms with Crippen LogP contribution in [-0.4, -0.2) is 29.2 Å². The summed E-state index contributed by atoms with van der Waals surface area (Å²) in [4.78, 5) is 0. The fourth-order valence-corrected chi connectivity index (χ4v) is 1.82. The molecule has 6 heteroatoms. The maximum Gasteiger partial charge on any atom is 0.244 e. The largest absolute Gasteiger partial charge is 0.490 e. The lowest BCUT2D eigenvalue weighted by atomic mass is 10.1. The van der Waals surface area contributed by atoms with E-state index in [0.717, 1.165) is 17.0 Å². The van der Waals surface area contributed by atoms with E-state index in [0.29, 0.717) is 18.8 Å². The number of para-hydroxylation sites is 1. The first kappa shape index (κ1) is 14.8. The van der Waals surface area contributed by atoms with Gasteiger partial charge in [0.2, 0.25) is 5.88 Å². The predicted octanol–water partition coefficient (Wildman–Crippen LogP) is 1.84. The first-order valence-corrected chi connectivity index (χ1v) is 6.58. The van der Waals surface area contributed by atoms with Gasteiger partial charge < -0.3 is 15.2 Å². The standard InChI is InChI=1S/C15H18N4O2/c1-10-11(2)18-19-15(13(10)14(16)17)21-9-8-20-12-6-4-3-5-7-12/h3-7H,8-9H2,1-2H3,(H3,16,17). The van der Waals surface area contributed by atoms with Crippen LogP contribution < -0.4 is 15.2 Å². The Morgan fingerprint density at radius 2 is 1.76 bits per heavy atom. The number of ether oxygens (including phenoxy) is 2. The smallest absolute Gasteiger partial charge is 0.244 e. The highest BCUT2D eigenvalue weighted by Crippen LogP contribution is 2.19. The van der Waals surface area contributed by atoms with Gasteiger partial charge in [0.25, 0.3) is 0 Å². The minimum absolute atomic E-state index is 0.0792. The first-order valence-electron chi connectivity index (χ1n) is 6.58. The lowest BCUT2D eigenvalue weighted by Gasteiger charge is -2.12. The molecule has 1 aromatic carbocycles. The number of hydrogen-bond donors (Lipinski definition) is 2. The lowest BCUT2D eigenvalue weighted by Crippen LogP contribution is -2.19. The molecule has 0 spiro atoms. The molecule has 2 aromatic rings. The van der Waals surface area contributed by atoms with E-state index in [2.05, 4.69) is 10.2 Å². The molecule has 0 radical (unpaired) electrons. The van der Waals surface area contributed by atoms with Crippen molar-refractivity contribution in [2.75, 3.05) is 13.2 Å². The number of benzene rings is 1. The molecule has 3 N–H and O–H groups in total. The van der Waals surface area contributed by atoms with Crippen molar-refractivity contribution >= 4 is 5.84 Å². The number of nitrogens with one attached hydrogen (secondary N) is 1. The van der Waals surface area contributed by atoms with Crippen LogP contribution in [0.4, 0.5) is 0 Å². The second kappa shape index (κ2) is 6.69. The fourth-order valence-electron chi connectivity index (χ4n) is 1.82. The Hall–Kier alpha value is -2.63. The molecule has 0 atom stereocenters. The van der Waals surface area contributed by atoms with Crippen molar-refractivity contribution in [1.29, 1.82) is 5.41 Å². The number of amidine groups is 1. The number of aromatic nitrogens is 2. The Morgan fingerprint density at radius 3 is 2.43 bits per heavy atom. The van der Waals surface area contributed by atoms with Gasteiger partial charge in [-0.2, -0.15) is 5.10 Å². The van der Waals surface area contributed by atoms with Gasteiger partial charge in [0, 0.05) is 0 Å². The number of nitrogens with two attached hydrogens (primary N) is 1. The van der Waals surface area contributed by atoms with Crippen molar-refractivity contribution in [3.8, 4) is 11.6 Å². The Balaban J connectivity index is 1.97. The second-order valence-corrected chi connectivity index (χ2v) is 4.51. The zero-order valence-corrected chi connectivity index (χ0v) is 12.1. The molecular weight excluding hydrogens is 268 g/mol. The summed E-state index contributed by atoms with van der Waals surface area (Å²) in [5.74, 6) is 0.964. The summed E-state index contributed by atoms with van der Waals surface area (Å²) in [6.07, 6.45) is 0. The summed E-state index contributed by atoms with van der Waals surface area (Å²) >= 11 is 0. The molecule has 0 aliphatic carbocycles. The van der Waals surface area contributed by atoms with Gasteiger partial charge in [-0.25, -0.2) is 0 Å². The normalized spacial score (nSPS) is 10.2. The summed E-state index contributed by atoms with van der Waals surface area (Å²) in [6.45, 7) is 4.33. The summed E-state index contributed by atoms with van der Waals surface area (Å²) < 4.78 is 11.1. The average Bonchev–Trinajstić information content (AvgIpc) is 2.48. The molecular formula is C15H18N4O2. The molecule has 0 saturated heterocycles. The predicted molar refractivity (Wildman–Crippen MR) is 80.0 cm³/mol. The van der Waals surface area contributed by atoms with E-state index in [1.54, 1.807) is 0 Å². The third-order valence-electron chi connectivity index (χ3n) is 3.03. The van der Waals surface area contributed by atoms with Crippen LogP contribution in [0.3, 0.4) is 0 Å². The topological polar surface area (TPSA) is 94.1 Å². The fraction of sp³-hybridized carbons (Fsp3) is 0.267. The van der Waals surface area contributed by atoms with E-state index in [9.17, 15) is 0 Å². The van der Waals surface area contributed by atoms with Crippen LogP contribution in [-0.2, 0) is 0 Å². The summed E-state index contributed by atoms with van der Waals surface area (Å²) in [7, 11) is 0. The quantitative estimate of drug-likeness (QED) is 0.480. The molecule has 0 saturated carbocycles. The van der Waals surface area contributed by atoms with E-state index in [1.165, 1.54) is 0 Å². The molecule has 2 rings (SSSR count). The van der Waals surface area contributed by atoms with Gasteiger partial charge in [-0.1, -0.05) is 18.2 Å². The van der Waals surface area contributed by atoms with Crippen molar-refractivity contribution in [1.82, 2.24) is 10.2 Å². The Bertz CT molecular complexity index is 629. The van der Waals surface area contributed by atoms with E-state index in [4.69, 9.17) is 20.6 Å². The first-order chi connectivity index (χ1) is 10.1. The van der Waals surface area contributed by atoms with Gasteiger partial charge in [0.1, 0.15) is 24.8 Å². The van der Waals surface area contributed by atoms with Crippen LogP contribution >= 0.6 is 0 Å². The molecule has 0 amide bonds. The van der Waals surface area contributed by atoms with Crippen LogP contribution in [0.1, 0.15) is 16.8 Å². The van der Waals surface area contributed by atoms with Crippen LogP contribution in [0.5, 0.6) is 11.6 Å². The van der Waals surface area contributed by atoms with Crippen LogP contribution in [0.15, 0.2) is 30.3 Å². The highest BCUT2D eigenvalue weighted by molar-refractivity contribution is 5.98. The SMILES string of the molecule is Cc1nnc(OCCOc2ccccc2)c(C(=N)N)c1C. The Labute approximate surface area is 123 Å². The number of rotatable bonds is 6. The molecule has 6 nitrogen and oxygen atoms in total. The monoisotopic (exact) mass is 286 g/mol. The van der Waals surface area contributed by atoms with Crippen molar-refractivity contribution in [3.63, 3.8) is 0 Å². The average molecular weight is 286 g/mol. The van der Waals surface area contributed by atoms with E-state index >= 15 is 0 Å². The van der Waals surface area contributed by atoms with E-state index in [-0.39, 0.29) is 11.7 Å². The molecule has 21 heavy (non-hydrogen) atoms. The van der Waals surface area contributed by atoms with Gasteiger partial charge in [0.15, 0.2) is 0 Å². The third kappa shape index (κ3) is 3.68. The Kier molecular flexibility index (Phi) is 4.71. The van der Waals surface area contributed by atoms with Gasteiger partial charge in [-0.05, 0) is 31.5 Å². The molecule has 1 aromatic heterocycles. The van der Waals surface area contributed by atoms with Crippen molar-refractivity contribution in [3.05, 3.63) is 47.2 Å². The van der Waals surface area contributed by atoms with Crippen LogP contribution in [0.2, 0.25) is 0 Å². The van der Waals surface area contributed by atoms with Crippen molar-refractivity contribution in [2.24, 2.45) is 5.73 Å². The number of aryl methyl sites for hydroxylation is 1. The maximum absolute atomic E-state index is 7.63. The highest BCUT2D eigenvalue weighted by Gasteiger charge is 2.14. The van der Waals surface area contributed by atoms with Gasteiger partial charge >= 0.3 is 0 Å². The molecule has 110 valence electrons. The zero-order chi connectivity index (χ0) is 15.2. The third-order valence-corrected chi connectivity index (χ3v) is 3.03. The molecule has 0 unspecified atom stereocenters. The van der Waals surface area contributed by atoms with Crippen molar-refractivity contribution < 1.29 is 9.47 Å². The van der Waals surface area contributed by atoms with E-state index < -0.39 is 0 Å². The Morgan fingerprint density at radius 1 is 1.10 bits per heavy atom. The highest BCUT2D eigenvalue weighted by atomic mass is 16.5. The molecule has 1 heterocycles. The number of hydrogen-bond acceptors (Lipinski definition) is 5.